The molecule has 2 aromatic rings. The van der Waals surface area contributed by atoms with Crippen molar-refractivity contribution in [1.29, 1.82) is 0 Å². The van der Waals surface area contributed by atoms with E-state index in [1.165, 1.54) is 26.4 Å². The first-order chi connectivity index (χ1) is 17.5. The maximum absolute atomic E-state index is 10.1. The molecular weight excluding hydrogens is 520 g/mol. The Balaban J connectivity index is 0.00000684. The fourth-order valence-corrected chi connectivity index (χ4v) is 3.34. The number of phenolic OH excluding ortho intramolecular Hbond substituents is 2. The molecule has 0 saturated carbocycles. The normalized spacial score (nSPS) is 11.0. The van der Waals surface area contributed by atoms with Crippen molar-refractivity contribution in [3.63, 3.8) is 0 Å². The van der Waals surface area contributed by atoms with Crippen molar-refractivity contribution in [2.24, 2.45) is 9.98 Å². The van der Waals surface area contributed by atoms with E-state index < -0.39 is 0 Å². The summed E-state index contributed by atoms with van der Waals surface area (Å²) >= 11 is 0. The Morgan fingerprint density at radius 1 is 0.649 bits per heavy atom. The number of hydrogen-bond acceptors (Lipinski definition) is 10. The first kappa shape index (κ1) is 32.0. The number of rotatable bonds is 17. The Labute approximate surface area is 229 Å². The zero-order valence-corrected chi connectivity index (χ0v) is 23.0. The molecule has 2 rings (SSSR count). The van der Waals surface area contributed by atoms with E-state index in [1.807, 2.05) is 0 Å². The van der Waals surface area contributed by atoms with Gasteiger partial charge in [-0.05, 0) is 25.9 Å². The Morgan fingerprint density at radius 3 is 1.41 bits per heavy atom. The van der Waals surface area contributed by atoms with E-state index in [0.717, 1.165) is 39.0 Å². The molecule has 2 aromatic carbocycles. The molecule has 0 heterocycles. The quantitative estimate of drug-likeness (QED) is 0.133. The minimum absolute atomic E-state index is 0. The molecule has 0 amide bonds. The van der Waals surface area contributed by atoms with Crippen molar-refractivity contribution in [2.45, 2.75) is 12.8 Å². The molecule has 0 aromatic heterocycles. The number of nitrogens with zero attached hydrogens (tertiary/aromatic N) is 2. The number of nitrogens with one attached hydrogen (secondary N) is 2. The molecule has 11 heteroatoms. The second kappa shape index (κ2) is 18.3. The van der Waals surface area contributed by atoms with Gasteiger partial charge in [-0.15, -0.1) is 0 Å². The average Bonchev–Trinajstić information content (AvgIpc) is 2.89. The predicted molar refractivity (Wildman–Crippen MR) is 142 cm³/mol. The summed E-state index contributed by atoms with van der Waals surface area (Å²) in [6.07, 6.45) is 5.02. The molecule has 0 aliphatic carbocycles. The van der Waals surface area contributed by atoms with Crippen molar-refractivity contribution in [3.05, 3.63) is 35.4 Å². The van der Waals surface area contributed by atoms with Gasteiger partial charge >= 0.3 is 0 Å². The van der Waals surface area contributed by atoms with Gasteiger partial charge in [0, 0.05) is 79.9 Å². The van der Waals surface area contributed by atoms with Gasteiger partial charge in [-0.2, -0.15) is 0 Å². The van der Waals surface area contributed by atoms with Crippen LogP contribution < -0.4 is 29.6 Å². The van der Waals surface area contributed by atoms with Crippen LogP contribution in [0.25, 0.3) is 0 Å². The van der Waals surface area contributed by atoms with E-state index in [2.05, 4.69) is 20.6 Å². The standard InChI is InChI=1S/C26H38N4O6.Fe/c1-33-19-13-23(31)21(25(15-19)35-3)17-29-9-5-7-27-11-12-28-8-6-10-30-18-22-24(32)14-20(34-2)16-26(22)36-4;/h13-18,27-28,31-32H,5-12H2,1-4H3;. The van der Waals surface area contributed by atoms with Crippen LogP contribution in [0.4, 0.5) is 0 Å². The van der Waals surface area contributed by atoms with Gasteiger partial charge in [-0.1, -0.05) is 0 Å². The smallest absolute Gasteiger partial charge is 0.135 e. The van der Waals surface area contributed by atoms with Crippen LogP contribution in [0.5, 0.6) is 34.5 Å². The van der Waals surface area contributed by atoms with Gasteiger partial charge in [0.1, 0.15) is 34.5 Å². The van der Waals surface area contributed by atoms with Crippen LogP contribution in [0.1, 0.15) is 24.0 Å². The van der Waals surface area contributed by atoms with Gasteiger partial charge in [-0.3, -0.25) is 9.98 Å². The molecule has 0 atom stereocenters. The number of methoxy groups -OCH3 is 4. The van der Waals surface area contributed by atoms with Gasteiger partial charge < -0.3 is 39.8 Å². The van der Waals surface area contributed by atoms with Crippen LogP contribution >= 0.6 is 0 Å². The van der Waals surface area contributed by atoms with E-state index in [0.29, 0.717) is 47.2 Å². The number of hydrogen-bond donors (Lipinski definition) is 4. The van der Waals surface area contributed by atoms with Crippen molar-refractivity contribution in [3.8, 4) is 34.5 Å². The van der Waals surface area contributed by atoms with Crippen molar-refractivity contribution in [1.82, 2.24) is 10.6 Å². The fourth-order valence-electron chi connectivity index (χ4n) is 3.34. The van der Waals surface area contributed by atoms with Gasteiger partial charge in [0.25, 0.3) is 0 Å². The summed E-state index contributed by atoms with van der Waals surface area (Å²) < 4.78 is 20.9. The SMILES string of the molecule is COc1cc(O)c(C=NCCCNCCNCCCN=Cc2c(O)cc(OC)cc2OC)c(OC)c1.[Fe]. The Kier molecular flexibility index (Phi) is 15.8. The summed E-state index contributed by atoms with van der Waals surface area (Å²) in [5.41, 5.74) is 1.08. The summed E-state index contributed by atoms with van der Waals surface area (Å²) in [5.74, 6) is 2.24. The number of benzene rings is 2. The van der Waals surface area contributed by atoms with E-state index in [9.17, 15) is 10.2 Å². The summed E-state index contributed by atoms with van der Waals surface area (Å²) in [7, 11) is 6.16. The molecule has 0 saturated heterocycles. The Hall–Kier alpha value is -2.98. The largest absolute Gasteiger partial charge is 0.507 e. The van der Waals surface area contributed by atoms with Crippen LogP contribution in [0, 0.1) is 0 Å². The molecule has 4 N–H and O–H groups in total. The third-order valence-corrected chi connectivity index (χ3v) is 5.30. The average molecular weight is 558 g/mol. The van der Waals surface area contributed by atoms with Gasteiger partial charge in [0.2, 0.25) is 0 Å². The van der Waals surface area contributed by atoms with Crippen molar-refractivity contribution < 1.29 is 46.2 Å². The first-order valence-electron chi connectivity index (χ1n) is 11.8. The topological polar surface area (TPSA) is 126 Å². The van der Waals surface area contributed by atoms with Crippen LogP contribution in [0.3, 0.4) is 0 Å². The fraction of sp³-hybridized carbons (Fsp3) is 0.462. The molecule has 0 fully saturated rings. The second-order valence-corrected chi connectivity index (χ2v) is 7.80. The third-order valence-electron chi connectivity index (χ3n) is 5.30. The van der Waals surface area contributed by atoms with E-state index in [-0.39, 0.29) is 28.6 Å². The van der Waals surface area contributed by atoms with Crippen LogP contribution in [0.2, 0.25) is 0 Å². The molecule has 0 radical (unpaired) electrons. The van der Waals surface area contributed by atoms with Crippen LogP contribution in [-0.4, -0.2) is 90.3 Å². The summed E-state index contributed by atoms with van der Waals surface area (Å²) in [5, 5.41) is 27.0. The minimum Gasteiger partial charge on any atom is -0.507 e. The molecule has 0 bridgehead atoms. The molecule has 37 heavy (non-hydrogen) atoms. The van der Waals surface area contributed by atoms with Gasteiger partial charge in [-0.25, -0.2) is 0 Å². The molecule has 0 aliphatic rings. The summed E-state index contributed by atoms with van der Waals surface area (Å²) in [4.78, 5) is 8.77. The van der Waals surface area contributed by atoms with Crippen molar-refractivity contribution >= 4 is 12.4 Å². The molecule has 0 spiro atoms. The zero-order valence-electron chi connectivity index (χ0n) is 21.9. The van der Waals surface area contributed by atoms with Crippen LogP contribution in [0.15, 0.2) is 34.3 Å². The molecule has 0 unspecified atom stereocenters. The van der Waals surface area contributed by atoms with E-state index in [1.54, 1.807) is 38.8 Å². The van der Waals surface area contributed by atoms with E-state index >= 15 is 0 Å². The van der Waals surface area contributed by atoms with E-state index in [4.69, 9.17) is 18.9 Å². The number of aliphatic imine (C=N–C) groups is 2. The number of phenols is 2. The minimum atomic E-state index is 0. The van der Waals surface area contributed by atoms with Crippen molar-refractivity contribution in [2.75, 3.05) is 67.7 Å². The summed E-state index contributed by atoms with van der Waals surface area (Å²) in [6.45, 7) is 4.70. The maximum Gasteiger partial charge on any atom is 0.135 e. The predicted octanol–water partition coefficient (Wildman–Crippen LogP) is 2.63. The monoisotopic (exact) mass is 558 g/mol. The molecule has 10 nitrogen and oxygen atoms in total. The first-order valence-corrected chi connectivity index (χ1v) is 11.8. The van der Waals surface area contributed by atoms with Crippen LogP contribution in [-0.2, 0) is 17.1 Å². The third kappa shape index (κ3) is 10.9. The van der Waals surface area contributed by atoms with Gasteiger partial charge in [0.05, 0.1) is 39.6 Å². The molecular formula is C26H38FeN4O6. The molecule has 206 valence electrons. The maximum atomic E-state index is 10.1. The number of aromatic hydroxyl groups is 2. The Morgan fingerprint density at radius 2 is 1.05 bits per heavy atom. The Bertz CT molecular complexity index is 924. The number of ether oxygens (including phenoxy) is 4. The second-order valence-electron chi connectivity index (χ2n) is 7.80. The van der Waals surface area contributed by atoms with Gasteiger partial charge in [0.15, 0.2) is 0 Å². The molecule has 0 aliphatic heterocycles. The summed E-state index contributed by atoms with van der Waals surface area (Å²) in [6, 6.07) is 6.50. The zero-order chi connectivity index (χ0) is 26.2.